The molecule has 2 aromatic rings. The molecular weight excluding hydrogens is 415 g/mol. The number of ether oxygens (including phenoxy) is 1. The topological polar surface area (TPSA) is 115 Å². The van der Waals surface area contributed by atoms with Crippen molar-refractivity contribution in [3.63, 3.8) is 0 Å². The number of thiazole rings is 1. The van der Waals surface area contributed by atoms with E-state index in [1.165, 1.54) is 17.4 Å². The number of nitro benzene ring substituents is 1. The molecule has 1 saturated heterocycles. The maximum Gasteiger partial charge on any atom is 0.410 e. The van der Waals surface area contributed by atoms with Gasteiger partial charge in [-0.25, -0.2) is 9.78 Å². The summed E-state index contributed by atoms with van der Waals surface area (Å²) in [4.78, 5) is 40.1. The van der Waals surface area contributed by atoms with Gasteiger partial charge >= 0.3 is 11.8 Å². The summed E-state index contributed by atoms with van der Waals surface area (Å²) in [5, 5.41) is 15.7. The van der Waals surface area contributed by atoms with Crippen molar-refractivity contribution >= 4 is 34.7 Å². The first-order chi connectivity index (χ1) is 14.4. The predicted octanol–water partition coefficient (Wildman–Crippen LogP) is 3.39. The fourth-order valence-corrected chi connectivity index (χ4v) is 3.98. The Morgan fingerprint density at radius 2 is 2.17 bits per heavy atom. The van der Waals surface area contributed by atoms with Crippen LogP contribution < -0.4 is 5.32 Å². The van der Waals surface area contributed by atoms with Crippen LogP contribution in [0, 0.1) is 28.3 Å². The number of amides is 2. The molecule has 9 nitrogen and oxygen atoms in total. The van der Waals surface area contributed by atoms with Gasteiger partial charge in [-0.2, -0.15) is 4.39 Å². The van der Waals surface area contributed by atoms with Gasteiger partial charge in [-0.05, 0) is 25.0 Å². The maximum atomic E-state index is 13.4. The molecule has 0 spiro atoms. The Labute approximate surface area is 175 Å². The van der Waals surface area contributed by atoms with Gasteiger partial charge in [0.25, 0.3) is 5.91 Å². The number of nitro groups is 1. The lowest BCUT2D eigenvalue weighted by Crippen LogP contribution is -2.38. The first-order valence-electron chi connectivity index (χ1n) is 8.95. The highest BCUT2D eigenvalue weighted by Crippen LogP contribution is 2.31. The van der Waals surface area contributed by atoms with Gasteiger partial charge in [-0.3, -0.25) is 14.9 Å². The molecule has 1 aromatic carbocycles. The van der Waals surface area contributed by atoms with E-state index in [1.807, 2.05) is 0 Å². The third-order valence-corrected chi connectivity index (χ3v) is 5.54. The molecule has 0 atom stereocenters. The molecular formula is C19H17FN4O5S. The van der Waals surface area contributed by atoms with Crippen LogP contribution in [0.5, 0.6) is 0 Å². The minimum Gasteiger partial charge on any atom is -0.436 e. The SMILES string of the molecule is C#CCOC(=O)N1CCC(c2nc(C(=O)Nc3ccc(F)c([N+](=O)[O-])c3)cs2)CC1. The minimum absolute atomic E-state index is 0.0685. The fourth-order valence-electron chi connectivity index (χ4n) is 3.01. The van der Waals surface area contributed by atoms with E-state index in [0.717, 1.165) is 17.1 Å². The number of benzene rings is 1. The molecule has 0 unspecified atom stereocenters. The number of hydrogen-bond acceptors (Lipinski definition) is 7. The average Bonchev–Trinajstić information content (AvgIpc) is 3.23. The van der Waals surface area contributed by atoms with E-state index in [0.29, 0.717) is 25.9 Å². The van der Waals surface area contributed by atoms with Crippen LogP contribution in [0.15, 0.2) is 23.6 Å². The number of carbonyl (C=O) groups excluding carboxylic acids is 2. The Bertz CT molecular complexity index is 1010. The Hall–Kier alpha value is -3.52. The lowest BCUT2D eigenvalue weighted by Gasteiger charge is -2.30. The average molecular weight is 432 g/mol. The van der Waals surface area contributed by atoms with Gasteiger partial charge < -0.3 is 15.0 Å². The number of hydrogen-bond donors (Lipinski definition) is 1. The van der Waals surface area contributed by atoms with Gasteiger partial charge in [-0.15, -0.1) is 17.8 Å². The molecule has 0 radical (unpaired) electrons. The van der Waals surface area contributed by atoms with Crippen LogP contribution in [0.3, 0.4) is 0 Å². The van der Waals surface area contributed by atoms with E-state index in [4.69, 9.17) is 11.2 Å². The van der Waals surface area contributed by atoms with Crippen molar-refractivity contribution < 1.29 is 23.6 Å². The summed E-state index contributed by atoms with van der Waals surface area (Å²) >= 11 is 1.33. The molecule has 1 N–H and O–H groups in total. The summed E-state index contributed by atoms with van der Waals surface area (Å²) in [5.74, 6) is 0.813. The van der Waals surface area contributed by atoms with Crippen LogP contribution >= 0.6 is 11.3 Å². The van der Waals surface area contributed by atoms with Gasteiger partial charge in [0.1, 0.15) is 5.69 Å². The lowest BCUT2D eigenvalue weighted by molar-refractivity contribution is -0.387. The van der Waals surface area contributed by atoms with Gasteiger partial charge in [0.15, 0.2) is 6.61 Å². The summed E-state index contributed by atoms with van der Waals surface area (Å²) in [6.07, 6.45) is 5.97. The Balaban J connectivity index is 1.60. The van der Waals surface area contributed by atoms with Gasteiger partial charge in [0, 0.05) is 36.1 Å². The molecule has 0 bridgehead atoms. The third-order valence-electron chi connectivity index (χ3n) is 4.54. The molecule has 0 aliphatic carbocycles. The van der Waals surface area contributed by atoms with Crippen LogP contribution in [0.1, 0.15) is 34.3 Å². The number of aromatic nitrogens is 1. The number of anilines is 1. The summed E-state index contributed by atoms with van der Waals surface area (Å²) in [6.45, 7) is 0.920. The van der Waals surface area contributed by atoms with E-state index in [2.05, 4.69) is 16.2 Å². The first kappa shape index (κ1) is 21.2. The van der Waals surface area contributed by atoms with Crippen LogP contribution in [0.2, 0.25) is 0 Å². The molecule has 2 amide bonds. The number of halogens is 1. The normalized spacial score (nSPS) is 14.1. The van der Waals surface area contributed by atoms with E-state index < -0.39 is 28.4 Å². The molecule has 2 heterocycles. The van der Waals surface area contributed by atoms with Crippen LogP contribution in [-0.4, -0.2) is 46.5 Å². The standard InChI is InChI=1S/C19H17FN4O5S/c1-2-9-29-19(26)23-7-5-12(6-8-23)18-22-15(11-30-18)17(25)21-13-3-4-14(20)16(10-13)24(27)28/h1,3-4,10-12H,5-9H2,(H,21,25). The van der Waals surface area contributed by atoms with Gasteiger partial charge in [0.05, 0.1) is 9.93 Å². The Morgan fingerprint density at radius 1 is 1.43 bits per heavy atom. The molecule has 1 aliphatic rings. The fraction of sp³-hybridized carbons (Fsp3) is 0.316. The molecule has 156 valence electrons. The number of nitrogens with zero attached hydrogens (tertiary/aromatic N) is 3. The molecule has 1 fully saturated rings. The van der Waals surface area contributed by atoms with E-state index in [1.54, 1.807) is 10.3 Å². The number of rotatable bonds is 5. The predicted molar refractivity (Wildman–Crippen MR) is 107 cm³/mol. The van der Waals surface area contributed by atoms with Gasteiger partial charge in [0.2, 0.25) is 5.82 Å². The second kappa shape index (κ2) is 9.32. The maximum absolute atomic E-state index is 13.4. The Kier molecular flexibility index (Phi) is 6.58. The first-order valence-corrected chi connectivity index (χ1v) is 9.83. The zero-order chi connectivity index (χ0) is 21.7. The van der Waals surface area contributed by atoms with Crippen molar-refractivity contribution in [1.29, 1.82) is 0 Å². The summed E-state index contributed by atoms with van der Waals surface area (Å²) in [5.41, 5.74) is -0.460. The van der Waals surface area contributed by atoms with Crippen molar-refractivity contribution in [2.75, 3.05) is 25.0 Å². The minimum atomic E-state index is -0.983. The quantitative estimate of drug-likeness (QED) is 0.440. The highest BCUT2D eigenvalue weighted by atomic mass is 32.1. The van der Waals surface area contributed by atoms with Crippen molar-refractivity contribution in [1.82, 2.24) is 9.88 Å². The number of piperidine rings is 1. The largest absolute Gasteiger partial charge is 0.436 e. The van der Waals surface area contributed by atoms with E-state index >= 15 is 0 Å². The second-order valence-electron chi connectivity index (χ2n) is 6.47. The van der Waals surface area contributed by atoms with Crippen LogP contribution in [0.25, 0.3) is 0 Å². The zero-order valence-corrected chi connectivity index (χ0v) is 16.5. The summed E-state index contributed by atoms with van der Waals surface area (Å²) < 4.78 is 18.3. The summed E-state index contributed by atoms with van der Waals surface area (Å²) in [7, 11) is 0. The van der Waals surface area contributed by atoms with Crippen molar-refractivity contribution in [2.45, 2.75) is 18.8 Å². The van der Waals surface area contributed by atoms with E-state index in [9.17, 15) is 24.1 Å². The molecule has 30 heavy (non-hydrogen) atoms. The highest BCUT2D eigenvalue weighted by Gasteiger charge is 2.27. The molecule has 1 aliphatic heterocycles. The monoisotopic (exact) mass is 432 g/mol. The zero-order valence-electron chi connectivity index (χ0n) is 15.7. The smallest absolute Gasteiger partial charge is 0.410 e. The number of likely N-dealkylation sites (tertiary alicyclic amines) is 1. The lowest BCUT2D eigenvalue weighted by atomic mass is 9.98. The van der Waals surface area contributed by atoms with Crippen LogP contribution in [-0.2, 0) is 4.74 Å². The van der Waals surface area contributed by atoms with Gasteiger partial charge in [-0.1, -0.05) is 5.92 Å². The molecule has 1 aromatic heterocycles. The third kappa shape index (κ3) is 4.90. The second-order valence-corrected chi connectivity index (χ2v) is 7.36. The number of carbonyl (C=O) groups is 2. The van der Waals surface area contributed by atoms with Crippen LogP contribution in [0.4, 0.5) is 20.6 Å². The van der Waals surface area contributed by atoms with Crippen molar-refractivity contribution in [3.05, 3.63) is 50.2 Å². The highest BCUT2D eigenvalue weighted by molar-refractivity contribution is 7.10. The molecule has 11 heteroatoms. The van der Waals surface area contributed by atoms with E-state index in [-0.39, 0.29) is 23.9 Å². The van der Waals surface area contributed by atoms with Crippen molar-refractivity contribution in [2.24, 2.45) is 0 Å². The molecule has 3 rings (SSSR count). The molecule has 0 saturated carbocycles. The summed E-state index contributed by atoms with van der Waals surface area (Å²) in [6, 6.07) is 3.11. The van der Waals surface area contributed by atoms with Crippen molar-refractivity contribution in [3.8, 4) is 12.3 Å². The number of nitrogens with one attached hydrogen (secondary N) is 1. The number of terminal acetylenes is 1. The Morgan fingerprint density at radius 3 is 2.83 bits per heavy atom.